The molecule has 1 fully saturated rings. The van der Waals surface area contributed by atoms with Crippen LogP contribution in [0.1, 0.15) is 0 Å². The van der Waals surface area contributed by atoms with Crippen molar-refractivity contribution in [3.8, 4) is 0 Å². The Morgan fingerprint density at radius 3 is 2.79 bits per heavy atom. The van der Waals surface area contributed by atoms with Gasteiger partial charge in [-0.05, 0) is 22.0 Å². The van der Waals surface area contributed by atoms with Crippen molar-refractivity contribution < 1.29 is 8.42 Å². The van der Waals surface area contributed by atoms with Gasteiger partial charge in [-0.2, -0.15) is 0 Å². The highest BCUT2D eigenvalue weighted by Crippen LogP contribution is 2.13. The lowest BCUT2D eigenvalue weighted by atomic mass is 10.3. The van der Waals surface area contributed by atoms with E-state index < -0.39 is 10.0 Å². The summed E-state index contributed by atoms with van der Waals surface area (Å²) >= 11 is 3.22. The highest BCUT2D eigenvalue weighted by Gasteiger charge is 2.15. The number of nitrogens with one attached hydrogen (secondary N) is 2. The van der Waals surface area contributed by atoms with Gasteiger partial charge in [0.15, 0.2) is 0 Å². The van der Waals surface area contributed by atoms with Gasteiger partial charge < -0.3 is 5.32 Å². The van der Waals surface area contributed by atoms with E-state index in [0.29, 0.717) is 11.0 Å². The van der Waals surface area contributed by atoms with Gasteiger partial charge in [-0.15, -0.1) is 0 Å². The molecule has 0 unspecified atom stereocenters. The highest BCUT2D eigenvalue weighted by atomic mass is 79.9. The Labute approximate surface area is 121 Å². The predicted octanol–water partition coefficient (Wildman–Crippen LogP) is 0.0276. The van der Waals surface area contributed by atoms with Crippen LogP contribution in [0.15, 0.2) is 27.8 Å². The van der Waals surface area contributed by atoms with Gasteiger partial charge in [-0.1, -0.05) is 0 Å². The van der Waals surface area contributed by atoms with Crippen molar-refractivity contribution in [2.24, 2.45) is 0 Å². The average Bonchev–Trinajstić information content (AvgIpc) is 2.40. The second-order valence-electron chi connectivity index (χ2n) is 4.33. The van der Waals surface area contributed by atoms with Crippen molar-refractivity contribution in [3.63, 3.8) is 0 Å². The fourth-order valence-electron chi connectivity index (χ4n) is 1.90. The molecule has 8 heteroatoms. The van der Waals surface area contributed by atoms with Crippen molar-refractivity contribution >= 4 is 26.0 Å². The molecule has 0 bridgehead atoms. The zero-order valence-corrected chi connectivity index (χ0v) is 12.9. The Hall–Kier alpha value is -0.540. The lowest BCUT2D eigenvalue weighted by Crippen LogP contribution is -2.46. The molecule has 1 saturated heterocycles. The largest absolute Gasteiger partial charge is 0.314 e. The van der Waals surface area contributed by atoms with E-state index in [-0.39, 0.29) is 4.90 Å². The molecule has 2 heterocycles. The summed E-state index contributed by atoms with van der Waals surface area (Å²) in [5.74, 6) is 0. The van der Waals surface area contributed by atoms with Crippen molar-refractivity contribution in [2.45, 2.75) is 4.90 Å². The summed E-state index contributed by atoms with van der Waals surface area (Å²) in [5.41, 5.74) is 0. The van der Waals surface area contributed by atoms with Crippen molar-refractivity contribution in [1.29, 1.82) is 0 Å². The topological polar surface area (TPSA) is 74.3 Å². The van der Waals surface area contributed by atoms with E-state index in [9.17, 15) is 8.42 Å². The second kappa shape index (κ2) is 6.76. The van der Waals surface area contributed by atoms with Crippen LogP contribution in [0.5, 0.6) is 0 Å². The van der Waals surface area contributed by atoms with Crippen LogP contribution in [-0.2, 0) is 10.0 Å². The molecule has 0 radical (unpaired) electrons. The first-order valence-electron chi connectivity index (χ1n) is 6.11. The highest BCUT2D eigenvalue weighted by molar-refractivity contribution is 9.10. The minimum atomic E-state index is -3.47. The minimum Gasteiger partial charge on any atom is -0.314 e. The molecule has 0 aliphatic carbocycles. The predicted molar refractivity (Wildman–Crippen MR) is 76.4 cm³/mol. The van der Waals surface area contributed by atoms with Gasteiger partial charge in [-0.25, -0.2) is 13.1 Å². The molecule has 0 saturated carbocycles. The molecule has 106 valence electrons. The minimum absolute atomic E-state index is 0.183. The maximum absolute atomic E-state index is 12.0. The fraction of sp³-hybridized carbons (Fsp3) is 0.545. The van der Waals surface area contributed by atoms with E-state index in [0.717, 1.165) is 32.7 Å². The van der Waals surface area contributed by atoms with Gasteiger partial charge in [0.2, 0.25) is 10.0 Å². The quantitative estimate of drug-likeness (QED) is 0.785. The summed E-state index contributed by atoms with van der Waals surface area (Å²) in [4.78, 5) is 6.28. The molecule has 1 aromatic rings. The number of aromatic nitrogens is 1. The standard InChI is InChI=1S/C11H17BrN4O2S/c12-10-7-11(9-14-8-10)19(17,18)15-3-6-16-4-1-13-2-5-16/h7-9,13,15H,1-6H2. The fourth-order valence-corrected chi connectivity index (χ4v) is 3.42. The second-order valence-corrected chi connectivity index (χ2v) is 7.01. The molecule has 1 aliphatic heterocycles. The van der Waals surface area contributed by atoms with Crippen LogP contribution in [0.4, 0.5) is 0 Å². The lowest BCUT2D eigenvalue weighted by Gasteiger charge is -2.27. The van der Waals surface area contributed by atoms with Crippen LogP contribution in [0, 0.1) is 0 Å². The van der Waals surface area contributed by atoms with E-state index in [4.69, 9.17) is 0 Å². The summed E-state index contributed by atoms with van der Waals surface area (Å²) in [6, 6.07) is 1.54. The first-order valence-corrected chi connectivity index (χ1v) is 8.39. The van der Waals surface area contributed by atoms with Crippen molar-refractivity contribution in [1.82, 2.24) is 19.9 Å². The van der Waals surface area contributed by atoms with Crippen molar-refractivity contribution in [3.05, 3.63) is 22.9 Å². The van der Waals surface area contributed by atoms with Crippen LogP contribution >= 0.6 is 15.9 Å². The van der Waals surface area contributed by atoms with Gasteiger partial charge in [0.1, 0.15) is 4.90 Å². The Bertz CT molecular complexity index is 517. The summed E-state index contributed by atoms with van der Waals surface area (Å²) in [5, 5.41) is 3.26. The molecular weight excluding hydrogens is 332 g/mol. The maximum Gasteiger partial charge on any atom is 0.242 e. The molecule has 0 spiro atoms. The summed E-state index contributed by atoms with van der Waals surface area (Å²) in [6.07, 6.45) is 2.90. The molecule has 0 aromatic carbocycles. The molecule has 2 rings (SSSR count). The Balaban J connectivity index is 1.87. The zero-order valence-electron chi connectivity index (χ0n) is 10.5. The smallest absolute Gasteiger partial charge is 0.242 e. The lowest BCUT2D eigenvalue weighted by molar-refractivity contribution is 0.245. The third-order valence-corrected chi connectivity index (χ3v) is 4.78. The van der Waals surface area contributed by atoms with Crippen LogP contribution in [0.3, 0.4) is 0 Å². The molecule has 19 heavy (non-hydrogen) atoms. The van der Waals surface area contributed by atoms with Gasteiger partial charge in [0.05, 0.1) is 0 Å². The summed E-state index contributed by atoms with van der Waals surface area (Å²) in [7, 11) is -3.47. The molecule has 1 aromatic heterocycles. The van der Waals surface area contributed by atoms with Gasteiger partial charge >= 0.3 is 0 Å². The van der Waals surface area contributed by atoms with Crippen molar-refractivity contribution in [2.75, 3.05) is 39.3 Å². The van der Waals surface area contributed by atoms with Crippen LogP contribution in [0.2, 0.25) is 0 Å². The first kappa shape index (κ1) is 14.9. The van der Waals surface area contributed by atoms with Gasteiger partial charge in [-0.3, -0.25) is 9.88 Å². The summed E-state index contributed by atoms with van der Waals surface area (Å²) < 4.78 is 27.3. The molecular formula is C11H17BrN4O2S. The van der Waals surface area contributed by atoms with E-state index in [1.807, 2.05) is 0 Å². The Morgan fingerprint density at radius 2 is 2.11 bits per heavy atom. The average molecular weight is 349 g/mol. The number of pyridine rings is 1. The molecule has 2 N–H and O–H groups in total. The third kappa shape index (κ3) is 4.50. The number of hydrogen-bond donors (Lipinski definition) is 2. The normalized spacial score (nSPS) is 17.5. The van der Waals surface area contributed by atoms with Crippen LogP contribution < -0.4 is 10.0 Å². The van der Waals surface area contributed by atoms with E-state index >= 15 is 0 Å². The number of rotatable bonds is 5. The Morgan fingerprint density at radius 1 is 1.37 bits per heavy atom. The monoisotopic (exact) mass is 348 g/mol. The molecule has 6 nitrogen and oxygen atoms in total. The first-order chi connectivity index (χ1) is 9.08. The van der Waals surface area contributed by atoms with Crippen LogP contribution in [-0.4, -0.2) is 57.6 Å². The SMILES string of the molecule is O=S(=O)(NCCN1CCNCC1)c1cncc(Br)c1. The summed E-state index contributed by atoms with van der Waals surface area (Å²) in [6.45, 7) is 4.97. The Kier molecular flexibility index (Phi) is 5.28. The molecule has 0 amide bonds. The number of sulfonamides is 1. The van der Waals surface area contributed by atoms with Gasteiger partial charge in [0.25, 0.3) is 0 Å². The van der Waals surface area contributed by atoms with E-state index in [1.165, 1.54) is 6.20 Å². The third-order valence-electron chi connectivity index (χ3n) is 2.92. The zero-order chi connectivity index (χ0) is 13.7. The number of halogens is 1. The number of nitrogens with zero attached hydrogens (tertiary/aromatic N) is 2. The maximum atomic E-state index is 12.0. The van der Waals surface area contributed by atoms with Gasteiger partial charge in [0, 0.05) is 56.1 Å². The number of hydrogen-bond acceptors (Lipinski definition) is 5. The molecule has 1 aliphatic rings. The van der Waals surface area contributed by atoms with E-state index in [2.05, 4.69) is 35.9 Å². The molecule has 0 atom stereocenters. The number of piperazine rings is 1. The van der Waals surface area contributed by atoms with E-state index in [1.54, 1.807) is 12.3 Å². The van der Waals surface area contributed by atoms with Crippen LogP contribution in [0.25, 0.3) is 0 Å².